The number of amides is 2. The van der Waals surface area contributed by atoms with Gasteiger partial charge in [0.2, 0.25) is 0 Å². The molecule has 0 atom stereocenters. The van der Waals surface area contributed by atoms with Gasteiger partial charge in [-0.25, -0.2) is 9.18 Å². The van der Waals surface area contributed by atoms with Gasteiger partial charge in [0.15, 0.2) is 11.5 Å². The minimum absolute atomic E-state index is 0.0852. The van der Waals surface area contributed by atoms with E-state index in [-0.39, 0.29) is 39.2 Å². The Morgan fingerprint density at radius 3 is 2.49 bits per heavy atom. The zero-order chi connectivity index (χ0) is 26.7. The van der Waals surface area contributed by atoms with Gasteiger partial charge in [0, 0.05) is 17.2 Å². The Morgan fingerprint density at radius 2 is 1.84 bits per heavy atom. The Labute approximate surface area is 218 Å². The van der Waals surface area contributed by atoms with Crippen LogP contribution in [0.4, 0.5) is 14.9 Å². The van der Waals surface area contributed by atoms with Crippen LogP contribution in [0.15, 0.2) is 65.6 Å². The normalized spacial score (nSPS) is 14.2. The van der Waals surface area contributed by atoms with Crippen molar-refractivity contribution in [2.45, 2.75) is 6.54 Å². The molecule has 1 fully saturated rings. The fourth-order valence-electron chi connectivity index (χ4n) is 3.34. The maximum absolute atomic E-state index is 13.3. The summed E-state index contributed by atoms with van der Waals surface area (Å²) in [5.41, 5.74) is 0.861. The number of thioether (sulfide) groups is 1. The second-order valence-electron chi connectivity index (χ2n) is 7.61. The zero-order valence-electron chi connectivity index (χ0n) is 19.0. The minimum atomic E-state index is -0.749. The van der Waals surface area contributed by atoms with Crippen molar-refractivity contribution in [2.24, 2.45) is 0 Å². The van der Waals surface area contributed by atoms with E-state index >= 15 is 0 Å². The van der Waals surface area contributed by atoms with Crippen molar-refractivity contribution in [3.8, 4) is 11.5 Å². The Morgan fingerprint density at radius 1 is 1.11 bits per heavy atom. The van der Waals surface area contributed by atoms with Crippen LogP contribution in [-0.4, -0.2) is 34.0 Å². The van der Waals surface area contributed by atoms with E-state index < -0.39 is 27.9 Å². The summed E-state index contributed by atoms with van der Waals surface area (Å²) in [5.74, 6) is -1.55. The lowest BCUT2D eigenvalue weighted by Gasteiger charge is -2.13. The third-order valence-corrected chi connectivity index (χ3v) is 6.48. The quantitative estimate of drug-likeness (QED) is 0.120. The SMILES string of the molecule is COc1cc(/C=C2\SC(=O)N(Cc3ccc(F)cc3Cl)C2=O)ccc1OC(=O)c1ccc([N+](=O)[O-])cc1. The molecular weight excluding hydrogens is 527 g/mol. The summed E-state index contributed by atoms with van der Waals surface area (Å²) in [4.78, 5) is 49.1. The number of carbonyl (C=O) groups is 3. The highest BCUT2D eigenvalue weighted by molar-refractivity contribution is 8.18. The molecule has 12 heteroatoms. The summed E-state index contributed by atoms with van der Waals surface area (Å²) in [6.07, 6.45) is 1.49. The summed E-state index contributed by atoms with van der Waals surface area (Å²) < 4.78 is 24.0. The number of ether oxygens (including phenoxy) is 2. The summed E-state index contributed by atoms with van der Waals surface area (Å²) in [5, 5.41) is 10.4. The predicted molar refractivity (Wildman–Crippen MR) is 134 cm³/mol. The van der Waals surface area contributed by atoms with Crippen molar-refractivity contribution >= 4 is 52.2 Å². The van der Waals surface area contributed by atoms with E-state index in [1.807, 2.05) is 0 Å². The van der Waals surface area contributed by atoms with E-state index in [4.69, 9.17) is 21.1 Å². The number of nitrogens with zero attached hydrogens (tertiary/aromatic N) is 2. The fourth-order valence-corrected chi connectivity index (χ4v) is 4.41. The molecule has 1 heterocycles. The second kappa shape index (κ2) is 10.8. The molecular formula is C25H16ClFN2O7S. The number of hydrogen-bond donors (Lipinski definition) is 0. The molecule has 1 saturated heterocycles. The maximum Gasteiger partial charge on any atom is 0.343 e. The zero-order valence-corrected chi connectivity index (χ0v) is 20.5. The number of hydrogen-bond acceptors (Lipinski definition) is 8. The van der Waals surface area contributed by atoms with Crippen LogP contribution in [0.25, 0.3) is 6.08 Å². The van der Waals surface area contributed by atoms with Crippen LogP contribution in [0.3, 0.4) is 0 Å². The van der Waals surface area contributed by atoms with Crippen molar-refractivity contribution in [1.82, 2.24) is 4.90 Å². The Balaban J connectivity index is 1.50. The average molecular weight is 543 g/mol. The summed E-state index contributed by atoms with van der Waals surface area (Å²) in [6.45, 7) is -0.109. The van der Waals surface area contributed by atoms with Crippen LogP contribution in [0, 0.1) is 15.9 Å². The first-order valence-corrected chi connectivity index (χ1v) is 11.7. The highest BCUT2D eigenvalue weighted by atomic mass is 35.5. The molecule has 0 saturated carbocycles. The maximum atomic E-state index is 13.3. The van der Waals surface area contributed by atoms with Crippen molar-refractivity contribution in [3.63, 3.8) is 0 Å². The highest BCUT2D eigenvalue weighted by Gasteiger charge is 2.35. The van der Waals surface area contributed by atoms with Crippen LogP contribution < -0.4 is 9.47 Å². The van der Waals surface area contributed by atoms with Crippen molar-refractivity contribution < 1.29 is 33.2 Å². The van der Waals surface area contributed by atoms with Gasteiger partial charge in [0.1, 0.15) is 5.82 Å². The van der Waals surface area contributed by atoms with E-state index in [9.17, 15) is 28.9 Å². The monoisotopic (exact) mass is 542 g/mol. The highest BCUT2D eigenvalue weighted by Crippen LogP contribution is 2.36. The lowest BCUT2D eigenvalue weighted by atomic mass is 10.1. The molecule has 0 aliphatic carbocycles. The van der Waals surface area contributed by atoms with Crippen LogP contribution in [0.2, 0.25) is 5.02 Å². The molecule has 1 aliphatic heterocycles. The number of benzene rings is 3. The van der Waals surface area contributed by atoms with Crippen molar-refractivity contribution in [1.29, 1.82) is 0 Å². The fraction of sp³-hybridized carbons (Fsp3) is 0.0800. The van der Waals surface area contributed by atoms with Gasteiger partial charge < -0.3 is 9.47 Å². The van der Waals surface area contributed by atoms with Gasteiger partial charge in [-0.05, 0) is 65.4 Å². The molecule has 188 valence electrons. The number of non-ortho nitro benzene ring substituents is 1. The largest absolute Gasteiger partial charge is 0.493 e. The third-order valence-electron chi connectivity index (χ3n) is 5.22. The molecule has 2 amide bonds. The molecule has 0 N–H and O–H groups in total. The van der Waals surface area contributed by atoms with Gasteiger partial charge in [-0.2, -0.15) is 0 Å². The first-order valence-electron chi connectivity index (χ1n) is 10.5. The average Bonchev–Trinajstić information content (AvgIpc) is 3.13. The minimum Gasteiger partial charge on any atom is -0.493 e. The predicted octanol–water partition coefficient (Wildman–Crippen LogP) is 5.85. The summed E-state index contributed by atoms with van der Waals surface area (Å²) >= 11 is 6.77. The lowest BCUT2D eigenvalue weighted by molar-refractivity contribution is -0.384. The number of methoxy groups -OCH3 is 1. The number of imide groups is 1. The number of esters is 1. The first-order chi connectivity index (χ1) is 17.7. The summed E-state index contributed by atoms with van der Waals surface area (Å²) in [7, 11) is 1.36. The smallest absolute Gasteiger partial charge is 0.343 e. The molecule has 3 aromatic rings. The van der Waals surface area contributed by atoms with Gasteiger partial charge >= 0.3 is 5.97 Å². The van der Waals surface area contributed by atoms with Crippen molar-refractivity contribution in [2.75, 3.05) is 7.11 Å². The van der Waals surface area contributed by atoms with Gasteiger partial charge in [-0.1, -0.05) is 23.7 Å². The molecule has 9 nitrogen and oxygen atoms in total. The number of nitro benzene ring substituents is 1. The van der Waals surface area contributed by atoms with E-state index in [0.717, 1.165) is 22.7 Å². The van der Waals surface area contributed by atoms with Crippen LogP contribution >= 0.6 is 23.4 Å². The molecule has 0 unspecified atom stereocenters. The van der Waals surface area contributed by atoms with Gasteiger partial charge in [-0.3, -0.25) is 24.6 Å². The molecule has 1 aliphatic rings. The molecule has 37 heavy (non-hydrogen) atoms. The third kappa shape index (κ3) is 5.79. The van der Waals surface area contributed by atoms with E-state index in [1.165, 1.54) is 61.7 Å². The molecule has 3 aromatic carbocycles. The Bertz CT molecular complexity index is 1460. The molecule has 0 radical (unpaired) electrons. The van der Waals surface area contributed by atoms with Crippen LogP contribution in [0.1, 0.15) is 21.5 Å². The van der Waals surface area contributed by atoms with Crippen LogP contribution in [-0.2, 0) is 11.3 Å². The molecule has 0 bridgehead atoms. The van der Waals surface area contributed by atoms with Gasteiger partial charge in [-0.15, -0.1) is 0 Å². The van der Waals surface area contributed by atoms with E-state index in [2.05, 4.69) is 0 Å². The topological polar surface area (TPSA) is 116 Å². The van der Waals surface area contributed by atoms with Crippen molar-refractivity contribution in [3.05, 3.63) is 103 Å². The standard InChI is InChI=1S/C25H16ClFN2O7S/c1-35-21-10-14(2-9-20(21)36-24(31)15-4-7-18(8-5-15)29(33)34)11-22-23(30)28(25(32)37-22)13-16-3-6-17(27)12-19(16)26/h2-12H,13H2,1H3/b22-11-. The van der Waals surface area contributed by atoms with Gasteiger partial charge in [0.05, 0.1) is 29.0 Å². The van der Waals surface area contributed by atoms with Gasteiger partial charge in [0.25, 0.3) is 16.8 Å². The molecule has 0 aromatic heterocycles. The van der Waals surface area contributed by atoms with Crippen LogP contribution in [0.5, 0.6) is 11.5 Å². The van der Waals surface area contributed by atoms with E-state index in [0.29, 0.717) is 11.1 Å². The number of nitro groups is 1. The lowest BCUT2D eigenvalue weighted by Crippen LogP contribution is -2.27. The van der Waals surface area contributed by atoms with E-state index in [1.54, 1.807) is 6.07 Å². The number of halogens is 2. The second-order valence-corrected chi connectivity index (χ2v) is 9.01. The molecule has 0 spiro atoms. The molecule has 4 rings (SSSR count). The first kappa shape index (κ1) is 25.9. The summed E-state index contributed by atoms with van der Waals surface area (Å²) in [6, 6.07) is 13.2. The number of rotatable bonds is 7. The Hall–Kier alpha value is -4.22. The Kier molecular flexibility index (Phi) is 7.55. The number of carbonyl (C=O) groups excluding carboxylic acids is 3.